The van der Waals surface area contributed by atoms with Crippen molar-refractivity contribution in [2.45, 2.75) is 46.1 Å². The molecular weight excluding hydrogens is 162 g/mol. The second-order valence-corrected chi connectivity index (χ2v) is 3.55. The Hall–Kier alpha value is -0.0800. The molecule has 0 aromatic heterocycles. The van der Waals surface area contributed by atoms with Crippen LogP contribution in [-0.4, -0.2) is 26.3 Å². The maximum Gasteiger partial charge on any atom is 0.0622 e. The van der Waals surface area contributed by atoms with E-state index in [1.54, 1.807) is 0 Å². The predicted octanol–water partition coefficient (Wildman–Crippen LogP) is 2.44. The minimum absolute atomic E-state index is 0.529. The SMILES string of the molecule is CCCOCC(NC)C(CC)CC. The van der Waals surface area contributed by atoms with Crippen LogP contribution in [0.25, 0.3) is 0 Å². The molecule has 0 aromatic rings. The molecule has 0 heterocycles. The fourth-order valence-electron chi connectivity index (χ4n) is 1.67. The minimum Gasteiger partial charge on any atom is -0.380 e. The molecule has 0 saturated heterocycles. The number of nitrogens with one attached hydrogen (secondary N) is 1. The van der Waals surface area contributed by atoms with E-state index in [0.29, 0.717) is 6.04 Å². The van der Waals surface area contributed by atoms with Gasteiger partial charge in [0.15, 0.2) is 0 Å². The van der Waals surface area contributed by atoms with Gasteiger partial charge in [-0.1, -0.05) is 33.6 Å². The van der Waals surface area contributed by atoms with Gasteiger partial charge in [0.25, 0.3) is 0 Å². The third-order valence-electron chi connectivity index (χ3n) is 2.63. The summed E-state index contributed by atoms with van der Waals surface area (Å²) in [5, 5.41) is 3.34. The summed E-state index contributed by atoms with van der Waals surface area (Å²) in [7, 11) is 2.03. The zero-order valence-corrected chi connectivity index (χ0v) is 9.60. The van der Waals surface area contributed by atoms with E-state index in [0.717, 1.165) is 25.6 Å². The molecule has 0 aliphatic rings. The van der Waals surface area contributed by atoms with Crippen molar-refractivity contribution < 1.29 is 4.74 Å². The standard InChI is InChI=1S/C11H25NO/c1-5-8-13-9-11(12-4)10(6-2)7-3/h10-12H,5-9H2,1-4H3. The summed E-state index contributed by atoms with van der Waals surface area (Å²) in [6.45, 7) is 8.39. The average molecular weight is 187 g/mol. The Labute approximate surface area is 83.1 Å². The first kappa shape index (κ1) is 12.9. The molecule has 0 bridgehead atoms. The van der Waals surface area contributed by atoms with Crippen molar-refractivity contribution in [2.24, 2.45) is 5.92 Å². The zero-order valence-electron chi connectivity index (χ0n) is 9.60. The van der Waals surface area contributed by atoms with Gasteiger partial charge >= 0.3 is 0 Å². The van der Waals surface area contributed by atoms with Gasteiger partial charge in [-0.05, 0) is 19.4 Å². The van der Waals surface area contributed by atoms with Gasteiger partial charge in [-0.3, -0.25) is 0 Å². The Morgan fingerprint density at radius 3 is 2.15 bits per heavy atom. The van der Waals surface area contributed by atoms with Gasteiger partial charge in [-0.15, -0.1) is 0 Å². The fraction of sp³-hybridized carbons (Fsp3) is 1.00. The first-order chi connectivity index (χ1) is 6.29. The average Bonchev–Trinajstić information content (AvgIpc) is 2.17. The first-order valence-electron chi connectivity index (χ1n) is 5.55. The Kier molecular flexibility index (Phi) is 8.46. The molecule has 13 heavy (non-hydrogen) atoms. The highest BCUT2D eigenvalue weighted by Crippen LogP contribution is 2.13. The van der Waals surface area contributed by atoms with Gasteiger partial charge < -0.3 is 10.1 Å². The lowest BCUT2D eigenvalue weighted by Gasteiger charge is -2.24. The molecule has 2 heteroatoms. The maximum absolute atomic E-state index is 5.56. The second kappa shape index (κ2) is 8.52. The summed E-state index contributed by atoms with van der Waals surface area (Å²) in [6.07, 6.45) is 3.58. The Morgan fingerprint density at radius 2 is 1.77 bits per heavy atom. The lowest BCUT2D eigenvalue weighted by molar-refractivity contribution is 0.0940. The quantitative estimate of drug-likeness (QED) is 0.589. The molecular formula is C11H25NO. The normalized spacial score (nSPS) is 13.6. The third-order valence-corrected chi connectivity index (χ3v) is 2.63. The molecule has 0 aliphatic carbocycles. The molecule has 0 radical (unpaired) electrons. The van der Waals surface area contributed by atoms with Crippen molar-refractivity contribution in [1.29, 1.82) is 0 Å². The summed E-state index contributed by atoms with van der Waals surface area (Å²) in [5.74, 6) is 0.752. The van der Waals surface area contributed by atoms with Crippen LogP contribution in [0.1, 0.15) is 40.0 Å². The summed E-state index contributed by atoms with van der Waals surface area (Å²) in [4.78, 5) is 0. The molecule has 1 unspecified atom stereocenters. The van der Waals surface area contributed by atoms with E-state index >= 15 is 0 Å². The van der Waals surface area contributed by atoms with Crippen LogP contribution in [0, 0.1) is 5.92 Å². The van der Waals surface area contributed by atoms with E-state index in [-0.39, 0.29) is 0 Å². The zero-order chi connectivity index (χ0) is 10.1. The molecule has 80 valence electrons. The highest BCUT2D eigenvalue weighted by Gasteiger charge is 2.15. The summed E-state index contributed by atoms with van der Waals surface area (Å²) < 4.78 is 5.56. The van der Waals surface area contributed by atoms with Gasteiger partial charge in [0.2, 0.25) is 0 Å². The van der Waals surface area contributed by atoms with E-state index in [2.05, 4.69) is 26.1 Å². The van der Waals surface area contributed by atoms with Gasteiger partial charge in [0.05, 0.1) is 6.61 Å². The summed E-state index contributed by atoms with van der Waals surface area (Å²) in [5.41, 5.74) is 0. The third kappa shape index (κ3) is 5.27. The van der Waals surface area contributed by atoms with E-state index in [4.69, 9.17) is 4.74 Å². The van der Waals surface area contributed by atoms with Crippen molar-refractivity contribution >= 4 is 0 Å². The molecule has 0 spiro atoms. The highest BCUT2D eigenvalue weighted by atomic mass is 16.5. The van der Waals surface area contributed by atoms with E-state index in [1.807, 2.05) is 7.05 Å². The van der Waals surface area contributed by atoms with Crippen LogP contribution < -0.4 is 5.32 Å². The minimum atomic E-state index is 0.529. The van der Waals surface area contributed by atoms with Crippen molar-refractivity contribution in [2.75, 3.05) is 20.3 Å². The topological polar surface area (TPSA) is 21.3 Å². The van der Waals surface area contributed by atoms with Gasteiger partial charge in [0.1, 0.15) is 0 Å². The lowest BCUT2D eigenvalue weighted by Crippen LogP contribution is -2.37. The van der Waals surface area contributed by atoms with Crippen molar-refractivity contribution in [3.8, 4) is 0 Å². The molecule has 0 amide bonds. The van der Waals surface area contributed by atoms with Crippen LogP contribution in [0.3, 0.4) is 0 Å². The van der Waals surface area contributed by atoms with Crippen molar-refractivity contribution in [1.82, 2.24) is 5.32 Å². The molecule has 0 aliphatic heterocycles. The molecule has 0 fully saturated rings. The molecule has 0 rings (SSSR count). The summed E-state index contributed by atoms with van der Waals surface area (Å²) in [6, 6.07) is 0.529. The number of rotatable bonds is 8. The van der Waals surface area contributed by atoms with E-state index < -0.39 is 0 Å². The van der Waals surface area contributed by atoms with Crippen LogP contribution in [0.15, 0.2) is 0 Å². The Bertz CT molecular complexity index is 102. The first-order valence-corrected chi connectivity index (χ1v) is 5.55. The number of ether oxygens (including phenoxy) is 1. The van der Waals surface area contributed by atoms with Crippen LogP contribution in [0.5, 0.6) is 0 Å². The monoisotopic (exact) mass is 187 g/mol. The lowest BCUT2D eigenvalue weighted by atomic mass is 9.95. The molecule has 0 saturated carbocycles. The van der Waals surface area contributed by atoms with Gasteiger partial charge in [-0.2, -0.15) is 0 Å². The van der Waals surface area contributed by atoms with Crippen LogP contribution in [-0.2, 0) is 4.74 Å². The van der Waals surface area contributed by atoms with Crippen LogP contribution >= 0.6 is 0 Å². The number of hydrogen-bond acceptors (Lipinski definition) is 2. The highest BCUT2D eigenvalue weighted by molar-refractivity contribution is 4.72. The smallest absolute Gasteiger partial charge is 0.0622 e. The van der Waals surface area contributed by atoms with E-state index in [9.17, 15) is 0 Å². The molecule has 0 aromatic carbocycles. The van der Waals surface area contributed by atoms with Crippen LogP contribution in [0.2, 0.25) is 0 Å². The predicted molar refractivity (Wildman–Crippen MR) is 58.0 cm³/mol. The Morgan fingerprint density at radius 1 is 1.15 bits per heavy atom. The van der Waals surface area contributed by atoms with Gasteiger partial charge in [-0.25, -0.2) is 0 Å². The molecule has 1 N–H and O–H groups in total. The maximum atomic E-state index is 5.56. The van der Waals surface area contributed by atoms with E-state index in [1.165, 1.54) is 12.8 Å². The molecule has 2 nitrogen and oxygen atoms in total. The van der Waals surface area contributed by atoms with Gasteiger partial charge in [0, 0.05) is 12.6 Å². The van der Waals surface area contributed by atoms with Crippen molar-refractivity contribution in [3.05, 3.63) is 0 Å². The second-order valence-electron chi connectivity index (χ2n) is 3.55. The molecule has 1 atom stereocenters. The van der Waals surface area contributed by atoms with Crippen LogP contribution in [0.4, 0.5) is 0 Å². The van der Waals surface area contributed by atoms with Crippen molar-refractivity contribution in [3.63, 3.8) is 0 Å². The largest absolute Gasteiger partial charge is 0.380 e. The number of hydrogen-bond donors (Lipinski definition) is 1. The summed E-state index contributed by atoms with van der Waals surface area (Å²) >= 11 is 0. The Balaban J connectivity index is 3.71. The number of likely N-dealkylation sites (N-methyl/N-ethyl adjacent to an activating group) is 1. The fourth-order valence-corrected chi connectivity index (χ4v) is 1.67.